The van der Waals surface area contributed by atoms with E-state index in [1.807, 2.05) is 19.1 Å². The molecule has 29 heavy (non-hydrogen) atoms. The molecule has 4 amide bonds. The molecule has 1 aliphatic heterocycles. The Hall–Kier alpha value is -3.27. The molecule has 0 aliphatic carbocycles. The van der Waals surface area contributed by atoms with Crippen LogP contribution >= 0.6 is 15.9 Å². The van der Waals surface area contributed by atoms with Gasteiger partial charge in [0.05, 0.1) is 16.1 Å². The number of hydrogen-bond donors (Lipinski definition) is 2. The predicted octanol–water partition coefficient (Wildman–Crippen LogP) is 3.47. The summed E-state index contributed by atoms with van der Waals surface area (Å²) >= 11 is 3.36. The minimum absolute atomic E-state index is 0.0283. The maximum absolute atomic E-state index is 12.4. The fourth-order valence-electron chi connectivity index (χ4n) is 2.97. The summed E-state index contributed by atoms with van der Waals surface area (Å²) in [5, 5.41) is 16.3. The summed E-state index contributed by atoms with van der Waals surface area (Å²) in [4.78, 5) is 48.0. The van der Waals surface area contributed by atoms with Gasteiger partial charge in [-0.1, -0.05) is 15.9 Å². The van der Waals surface area contributed by atoms with Crippen LogP contribution in [0.1, 0.15) is 32.7 Å². The number of nitro groups is 1. The number of rotatable bonds is 6. The van der Waals surface area contributed by atoms with Gasteiger partial charge in [0.2, 0.25) is 0 Å². The van der Waals surface area contributed by atoms with E-state index in [2.05, 4.69) is 26.6 Å². The number of halogens is 1. The van der Waals surface area contributed by atoms with Gasteiger partial charge >= 0.3 is 6.03 Å². The Bertz CT molecular complexity index is 1020. The Balaban J connectivity index is 1.51. The minimum Gasteiger partial charge on any atom is -0.338 e. The number of carbonyl (C=O) groups is 3. The number of fused-ring (bicyclic) bond motifs is 1. The first-order valence-electron chi connectivity index (χ1n) is 8.73. The average Bonchev–Trinajstić information content (AvgIpc) is 2.91. The van der Waals surface area contributed by atoms with Gasteiger partial charge in [-0.3, -0.25) is 24.6 Å². The van der Waals surface area contributed by atoms with Crippen LogP contribution in [0.2, 0.25) is 0 Å². The maximum Gasteiger partial charge on any atom is 0.319 e. The zero-order valence-electron chi connectivity index (χ0n) is 15.4. The van der Waals surface area contributed by atoms with Gasteiger partial charge in [0.15, 0.2) is 0 Å². The monoisotopic (exact) mass is 460 g/mol. The number of hydrogen-bond acceptors (Lipinski definition) is 5. The van der Waals surface area contributed by atoms with Crippen molar-refractivity contribution < 1.29 is 19.3 Å². The van der Waals surface area contributed by atoms with E-state index in [0.717, 1.165) is 21.0 Å². The van der Waals surface area contributed by atoms with Crippen LogP contribution in [-0.4, -0.2) is 40.8 Å². The van der Waals surface area contributed by atoms with Crippen LogP contribution in [0, 0.1) is 17.0 Å². The molecule has 0 atom stereocenters. The molecule has 3 rings (SSSR count). The SMILES string of the molecule is Cc1cc(Br)ccc1NC(=O)NCCCN1C(=O)c2ccc([N+](=O)[O-])cc2C1=O. The Kier molecular flexibility index (Phi) is 5.92. The highest BCUT2D eigenvalue weighted by Gasteiger charge is 2.36. The van der Waals surface area contributed by atoms with Gasteiger partial charge < -0.3 is 10.6 Å². The van der Waals surface area contributed by atoms with Gasteiger partial charge in [0.1, 0.15) is 0 Å². The van der Waals surface area contributed by atoms with Gasteiger partial charge in [-0.05, 0) is 43.2 Å². The largest absolute Gasteiger partial charge is 0.338 e. The molecule has 0 radical (unpaired) electrons. The minimum atomic E-state index is -0.615. The van der Waals surface area contributed by atoms with Crippen molar-refractivity contribution in [3.63, 3.8) is 0 Å². The molecule has 9 nitrogen and oxygen atoms in total. The van der Waals surface area contributed by atoms with Crippen molar-refractivity contribution >= 4 is 45.2 Å². The fourth-order valence-corrected chi connectivity index (χ4v) is 3.44. The molecule has 0 unspecified atom stereocenters. The van der Waals surface area contributed by atoms with Crippen LogP contribution < -0.4 is 10.6 Å². The number of non-ortho nitro benzene ring substituents is 1. The van der Waals surface area contributed by atoms with E-state index in [1.165, 1.54) is 12.1 Å². The Morgan fingerprint density at radius 2 is 1.86 bits per heavy atom. The zero-order valence-corrected chi connectivity index (χ0v) is 17.0. The highest BCUT2D eigenvalue weighted by molar-refractivity contribution is 9.10. The average molecular weight is 461 g/mol. The first-order chi connectivity index (χ1) is 13.8. The summed E-state index contributed by atoms with van der Waals surface area (Å²) in [5.41, 5.74) is 1.51. The molecule has 0 spiro atoms. The normalized spacial score (nSPS) is 12.7. The number of aryl methyl sites for hydroxylation is 1. The first kappa shape index (κ1) is 20.5. The maximum atomic E-state index is 12.4. The van der Waals surface area contributed by atoms with Gasteiger partial charge in [-0.2, -0.15) is 0 Å². The summed E-state index contributed by atoms with van der Waals surface area (Å²) in [7, 11) is 0. The van der Waals surface area contributed by atoms with E-state index in [0.29, 0.717) is 12.1 Å². The van der Waals surface area contributed by atoms with Crippen LogP contribution in [0.25, 0.3) is 0 Å². The first-order valence-corrected chi connectivity index (χ1v) is 9.53. The molecule has 0 fully saturated rings. The molecular formula is C19H17BrN4O5. The zero-order chi connectivity index (χ0) is 21.1. The number of urea groups is 1. The molecule has 1 heterocycles. The second-order valence-electron chi connectivity index (χ2n) is 6.44. The summed E-state index contributed by atoms with van der Waals surface area (Å²) in [6.07, 6.45) is 0.348. The molecule has 0 aromatic heterocycles. The van der Waals surface area contributed by atoms with Crippen LogP contribution in [0.4, 0.5) is 16.2 Å². The van der Waals surface area contributed by atoms with Gasteiger partial charge in [-0.15, -0.1) is 0 Å². The van der Waals surface area contributed by atoms with Crippen molar-refractivity contribution in [1.82, 2.24) is 10.2 Å². The third-order valence-electron chi connectivity index (χ3n) is 4.45. The van der Waals surface area contributed by atoms with Crippen molar-refractivity contribution in [3.05, 3.63) is 67.7 Å². The number of benzene rings is 2. The molecule has 2 aromatic rings. The molecule has 2 N–H and O–H groups in total. The number of nitrogens with zero attached hydrogens (tertiary/aromatic N) is 2. The second kappa shape index (κ2) is 8.39. The fraction of sp³-hybridized carbons (Fsp3) is 0.211. The smallest absolute Gasteiger partial charge is 0.319 e. The van der Waals surface area contributed by atoms with Crippen LogP contribution in [-0.2, 0) is 0 Å². The summed E-state index contributed by atoms with van der Waals surface area (Å²) in [5.74, 6) is -1.06. The standard InChI is InChI=1S/C19H17BrN4O5/c1-11-9-12(20)3-6-16(11)22-19(27)21-7-2-8-23-17(25)14-5-4-13(24(28)29)10-15(14)18(23)26/h3-6,9-10H,2,7-8H2,1H3,(H2,21,22,27). The van der Waals surface area contributed by atoms with E-state index < -0.39 is 22.8 Å². The Labute approximate surface area is 174 Å². The highest BCUT2D eigenvalue weighted by atomic mass is 79.9. The van der Waals surface area contributed by atoms with Crippen LogP contribution in [0.5, 0.6) is 0 Å². The number of imide groups is 1. The van der Waals surface area contributed by atoms with Crippen molar-refractivity contribution in [2.24, 2.45) is 0 Å². The van der Waals surface area contributed by atoms with Crippen molar-refractivity contribution in [3.8, 4) is 0 Å². The van der Waals surface area contributed by atoms with Crippen LogP contribution in [0.15, 0.2) is 40.9 Å². The molecular weight excluding hydrogens is 444 g/mol. The highest BCUT2D eigenvalue weighted by Crippen LogP contribution is 2.26. The lowest BCUT2D eigenvalue weighted by Crippen LogP contribution is -2.35. The van der Waals surface area contributed by atoms with E-state index in [1.54, 1.807) is 6.07 Å². The van der Waals surface area contributed by atoms with E-state index in [-0.39, 0.29) is 29.9 Å². The molecule has 2 aromatic carbocycles. The molecule has 0 saturated carbocycles. The molecule has 1 aliphatic rings. The lowest BCUT2D eigenvalue weighted by molar-refractivity contribution is -0.384. The number of nitrogens with one attached hydrogen (secondary N) is 2. The van der Waals surface area contributed by atoms with Crippen LogP contribution in [0.3, 0.4) is 0 Å². The molecule has 150 valence electrons. The lowest BCUT2D eigenvalue weighted by atomic mass is 10.1. The molecule has 0 bridgehead atoms. The third kappa shape index (κ3) is 4.43. The van der Waals surface area contributed by atoms with E-state index in [9.17, 15) is 24.5 Å². The topological polar surface area (TPSA) is 122 Å². The van der Waals surface area contributed by atoms with Gasteiger partial charge in [-0.25, -0.2) is 4.79 Å². The number of nitro benzene ring substituents is 1. The second-order valence-corrected chi connectivity index (χ2v) is 7.36. The number of amides is 4. The molecule has 10 heteroatoms. The van der Waals surface area contributed by atoms with Crippen molar-refractivity contribution in [2.75, 3.05) is 18.4 Å². The van der Waals surface area contributed by atoms with Gasteiger partial charge in [0, 0.05) is 35.4 Å². The Morgan fingerprint density at radius 3 is 2.55 bits per heavy atom. The molecule has 0 saturated heterocycles. The quantitative estimate of drug-likeness (QED) is 0.295. The third-order valence-corrected chi connectivity index (χ3v) is 4.94. The summed E-state index contributed by atoms with van der Waals surface area (Å²) in [6.45, 7) is 2.21. The van der Waals surface area contributed by atoms with Crippen molar-refractivity contribution in [2.45, 2.75) is 13.3 Å². The Morgan fingerprint density at radius 1 is 1.14 bits per heavy atom. The van der Waals surface area contributed by atoms with Crippen molar-refractivity contribution in [1.29, 1.82) is 0 Å². The van der Waals surface area contributed by atoms with E-state index >= 15 is 0 Å². The predicted molar refractivity (Wildman–Crippen MR) is 109 cm³/mol. The number of carbonyl (C=O) groups excluding carboxylic acids is 3. The number of anilines is 1. The summed E-state index contributed by atoms with van der Waals surface area (Å²) in [6, 6.07) is 8.67. The lowest BCUT2D eigenvalue weighted by Gasteiger charge is -2.14. The van der Waals surface area contributed by atoms with Gasteiger partial charge in [0.25, 0.3) is 17.5 Å². The summed E-state index contributed by atoms with van der Waals surface area (Å²) < 4.78 is 0.909. The van der Waals surface area contributed by atoms with E-state index in [4.69, 9.17) is 0 Å².